The molecule has 7 heteroatoms. The predicted octanol–water partition coefficient (Wildman–Crippen LogP) is 0.881. The molecule has 0 spiro atoms. The number of aromatic nitrogens is 2. The first-order valence-corrected chi connectivity index (χ1v) is 6.55. The summed E-state index contributed by atoms with van der Waals surface area (Å²) in [5, 5.41) is 9.59. The Kier molecular flexibility index (Phi) is 5.54. The third kappa shape index (κ3) is 3.72. The molecule has 0 fully saturated rings. The number of ether oxygens (including phenoxy) is 1. The van der Waals surface area contributed by atoms with E-state index in [1.807, 2.05) is 25.5 Å². The first-order valence-electron chi connectivity index (χ1n) is 6.55. The second-order valence-electron chi connectivity index (χ2n) is 4.54. The van der Waals surface area contributed by atoms with Crippen LogP contribution in [0.5, 0.6) is 0 Å². The van der Waals surface area contributed by atoms with Crippen LogP contribution in [-0.2, 0) is 22.6 Å². The Labute approximate surface area is 118 Å². The number of amides is 2. The summed E-state index contributed by atoms with van der Waals surface area (Å²) in [5.41, 5.74) is 2.95. The van der Waals surface area contributed by atoms with Crippen molar-refractivity contribution in [3.63, 3.8) is 0 Å². The molecule has 20 heavy (non-hydrogen) atoms. The zero-order valence-electron chi connectivity index (χ0n) is 12.6. The molecule has 0 aliphatic rings. The fourth-order valence-electron chi connectivity index (χ4n) is 1.93. The van der Waals surface area contributed by atoms with Crippen molar-refractivity contribution in [3.8, 4) is 0 Å². The van der Waals surface area contributed by atoms with E-state index in [0.717, 1.165) is 23.5 Å². The molecule has 0 unspecified atom stereocenters. The van der Waals surface area contributed by atoms with Crippen LogP contribution in [-0.4, -0.2) is 34.9 Å². The Morgan fingerprint density at radius 3 is 2.55 bits per heavy atom. The van der Waals surface area contributed by atoms with Crippen LogP contribution in [0.15, 0.2) is 0 Å². The molecule has 7 nitrogen and oxygen atoms in total. The lowest BCUT2D eigenvalue weighted by Gasteiger charge is -2.13. The normalized spacial score (nSPS) is 11.8. The number of nitrogens with zero attached hydrogens (tertiary/aromatic N) is 2. The SMILES string of the molecule is CCn1nc(C)c(CNC(=O)[C@H](C)NC(=O)OC)c1C. The number of hydrogen-bond donors (Lipinski definition) is 2. The van der Waals surface area contributed by atoms with Crippen LogP contribution < -0.4 is 10.6 Å². The van der Waals surface area contributed by atoms with Crippen molar-refractivity contribution >= 4 is 12.0 Å². The Balaban J connectivity index is 2.61. The number of aryl methyl sites for hydroxylation is 2. The predicted molar refractivity (Wildman–Crippen MR) is 74.2 cm³/mol. The van der Waals surface area contributed by atoms with E-state index < -0.39 is 12.1 Å². The molecular weight excluding hydrogens is 260 g/mol. The van der Waals surface area contributed by atoms with Gasteiger partial charge in [-0.1, -0.05) is 0 Å². The van der Waals surface area contributed by atoms with Gasteiger partial charge < -0.3 is 15.4 Å². The second kappa shape index (κ2) is 6.93. The highest BCUT2D eigenvalue weighted by Crippen LogP contribution is 2.12. The summed E-state index contributed by atoms with van der Waals surface area (Å²) < 4.78 is 6.34. The molecular formula is C13H22N4O3. The molecule has 2 amide bonds. The fraction of sp³-hybridized carbons (Fsp3) is 0.615. The molecule has 1 rings (SSSR count). The minimum atomic E-state index is -0.649. The van der Waals surface area contributed by atoms with Crippen LogP contribution in [0.3, 0.4) is 0 Å². The Hall–Kier alpha value is -2.05. The van der Waals surface area contributed by atoms with E-state index in [4.69, 9.17) is 0 Å². The van der Waals surface area contributed by atoms with Gasteiger partial charge in [-0.05, 0) is 27.7 Å². The number of methoxy groups -OCH3 is 1. The Morgan fingerprint density at radius 1 is 1.40 bits per heavy atom. The van der Waals surface area contributed by atoms with E-state index in [2.05, 4.69) is 20.5 Å². The van der Waals surface area contributed by atoms with Gasteiger partial charge in [0, 0.05) is 24.3 Å². The van der Waals surface area contributed by atoms with Crippen molar-refractivity contribution < 1.29 is 14.3 Å². The van der Waals surface area contributed by atoms with E-state index >= 15 is 0 Å². The second-order valence-corrected chi connectivity index (χ2v) is 4.54. The monoisotopic (exact) mass is 282 g/mol. The molecule has 2 N–H and O–H groups in total. The topological polar surface area (TPSA) is 85.3 Å². The summed E-state index contributed by atoms with van der Waals surface area (Å²) in [6.45, 7) is 8.69. The van der Waals surface area contributed by atoms with Gasteiger partial charge >= 0.3 is 6.09 Å². The number of hydrogen-bond acceptors (Lipinski definition) is 4. The van der Waals surface area contributed by atoms with Gasteiger partial charge in [0.2, 0.25) is 5.91 Å². The Morgan fingerprint density at radius 2 is 2.05 bits per heavy atom. The van der Waals surface area contributed by atoms with Crippen LogP contribution >= 0.6 is 0 Å². The lowest BCUT2D eigenvalue weighted by Crippen LogP contribution is -2.44. The summed E-state index contributed by atoms with van der Waals surface area (Å²) in [6.07, 6.45) is -0.626. The maximum absolute atomic E-state index is 11.9. The minimum Gasteiger partial charge on any atom is -0.453 e. The zero-order chi connectivity index (χ0) is 15.3. The first kappa shape index (κ1) is 16.0. The fourth-order valence-corrected chi connectivity index (χ4v) is 1.93. The van der Waals surface area contributed by atoms with Crippen molar-refractivity contribution in [2.24, 2.45) is 0 Å². The minimum absolute atomic E-state index is 0.265. The molecule has 1 aromatic rings. The zero-order valence-corrected chi connectivity index (χ0v) is 12.6. The van der Waals surface area contributed by atoms with Crippen LogP contribution in [0, 0.1) is 13.8 Å². The molecule has 0 saturated heterocycles. The molecule has 0 saturated carbocycles. The van der Waals surface area contributed by atoms with Gasteiger partial charge in [0.15, 0.2) is 0 Å². The highest BCUT2D eigenvalue weighted by atomic mass is 16.5. The first-order chi connectivity index (χ1) is 9.40. The molecule has 1 atom stereocenters. The standard InChI is InChI=1S/C13H22N4O3/c1-6-17-10(4)11(8(2)16-17)7-14-12(18)9(3)15-13(19)20-5/h9H,6-7H2,1-5H3,(H,14,18)(H,15,19)/t9-/m0/s1. The smallest absolute Gasteiger partial charge is 0.407 e. The van der Waals surface area contributed by atoms with E-state index in [-0.39, 0.29) is 5.91 Å². The van der Waals surface area contributed by atoms with Crippen LogP contribution in [0.2, 0.25) is 0 Å². The maximum atomic E-state index is 11.9. The van der Waals surface area contributed by atoms with Crippen molar-refractivity contribution in [1.29, 1.82) is 0 Å². The molecule has 0 aliphatic carbocycles. The summed E-state index contributed by atoms with van der Waals surface area (Å²) in [7, 11) is 1.26. The molecule has 1 aromatic heterocycles. The van der Waals surface area contributed by atoms with Gasteiger partial charge in [0.1, 0.15) is 6.04 Å². The largest absolute Gasteiger partial charge is 0.453 e. The number of carbonyl (C=O) groups excluding carboxylic acids is 2. The summed E-state index contributed by atoms with van der Waals surface area (Å²) in [5.74, 6) is -0.265. The molecule has 1 heterocycles. The molecule has 112 valence electrons. The van der Waals surface area contributed by atoms with E-state index in [9.17, 15) is 9.59 Å². The summed E-state index contributed by atoms with van der Waals surface area (Å²) >= 11 is 0. The van der Waals surface area contributed by atoms with Gasteiger partial charge in [-0.15, -0.1) is 0 Å². The van der Waals surface area contributed by atoms with E-state index in [1.54, 1.807) is 6.92 Å². The van der Waals surface area contributed by atoms with Gasteiger partial charge in [0.25, 0.3) is 0 Å². The molecule has 0 aliphatic heterocycles. The van der Waals surface area contributed by atoms with Gasteiger partial charge in [0.05, 0.1) is 12.8 Å². The van der Waals surface area contributed by atoms with Crippen molar-refractivity contribution in [2.75, 3.05) is 7.11 Å². The van der Waals surface area contributed by atoms with E-state index in [1.165, 1.54) is 7.11 Å². The van der Waals surface area contributed by atoms with Crippen LogP contribution in [0.1, 0.15) is 30.8 Å². The highest BCUT2D eigenvalue weighted by molar-refractivity contribution is 5.85. The van der Waals surface area contributed by atoms with Crippen molar-refractivity contribution in [1.82, 2.24) is 20.4 Å². The average Bonchev–Trinajstić information content (AvgIpc) is 2.70. The number of carbonyl (C=O) groups is 2. The number of alkyl carbamates (subject to hydrolysis) is 1. The van der Waals surface area contributed by atoms with Gasteiger partial charge in [-0.3, -0.25) is 9.48 Å². The lowest BCUT2D eigenvalue weighted by molar-refractivity contribution is -0.122. The maximum Gasteiger partial charge on any atom is 0.407 e. The molecule has 0 bridgehead atoms. The molecule has 0 aromatic carbocycles. The van der Waals surface area contributed by atoms with Crippen LogP contribution in [0.25, 0.3) is 0 Å². The van der Waals surface area contributed by atoms with Crippen LogP contribution in [0.4, 0.5) is 4.79 Å². The summed E-state index contributed by atoms with van der Waals surface area (Å²) in [4.78, 5) is 22.9. The van der Waals surface area contributed by atoms with E-state index in [0.29, 0.717) is 6.54 Å². The third-order valence-electron chi connectivity index (χ3n) is 3.18. The average molecular weight is 282 g/mol. The third-order valence-corrected chi connectivity index (χ3v) is 3.18. The lowest BCUT2D eigenvalue weighted by atomic mass is 10.2. The summed E-state index contributed by atoms with van der Waals surface area (Å²) in [6, 6.07) is -0.649. The molecule has 0 radical (unpaired) electrons. The van der Waals surface area contributed by atoms with Crippen molar-refractivity contribution in [3.05, 3.63) is 17.0 Å². The number of nitrogens with one attached hydrogen (secondary N) is 2. The highest BCUT2D eigenvalue weighted by Gasteiger charge is 2.17. The van der Waals surface area contributed by atoms with Crippen molar-refractivity contribution in [2.45, 2.75) is 46.8 Å². The number of rotatable bonds is 5. The van der Waals surface area contributed by atoms with Gasteiger partial charge in [-0.2, -0.15) is 5.10 Å². The van der Waals surface area contributed by atoms with Gasteiger partial charge in [-0.25, -0.2) is 4.79 Å². The Bertz CT molecular complexity index is 496. The quantitative estimate of drug-likeness (QED) is 0.839.